The molecular formula is C22H26N2O2. The van der Waals surface area contributed by atoms with E-state index in [-0.39, 0.29) is 17.9 Å². The van der Waals surface area contributed by atoms with Gasteiger partial charge in [0.05, 0.1) is 6.04 Å². The molecule has 0 bridgehead atoms. The van der Waals surface area contributed by atoms with Crippen molar-refractivity contribution in [1.82, 2.24) is 10.2 Å². The monoisotopic (exact) mass is 350 g/mol. The molecule has 4 heteroatoms. The van der Waals surface area contributed by atoms with E-state index in [0.717, 1.165) is 30.5 Å². The molecule has 0 aromatic heterocycles. The van der Waals surface area contributed by atoms with Gasteiger partial charge in [0.25, 0.3) is 5.91 Å². The van der Waals surface area contributed by atoms with Gasteiger partial charge in [0.2, 0.25) is 5.91 Å². The number of aryl methyl sites for hydroxylation is 1. The highest BCUT2D eigenvalue weighted by atomic mass is 16.2. The van der Waals surface area contributed by atoms with Crippen LogP contribution < -0.4 is 5.32 Å². The van der Waals surface area contributed by atoms with Crippen LogP contribution in [0.2, 0.25) is 0 Å². The number of nitrogens with zero attached hydrogens (tertiary/aromatic N) is 1. The minimum Gasteiger partial charge on any atom is -0.346 e. The second kappa shape index (κ2) is 8.17. The summed E-state index contributed by atoms with van der Waals surface area (Å²) in [5, 5.41) is 3.05. The van der Waals surface area contributed by atoms with Crippen LogP contribution in [0.5, 0.6) is 0 Å². The molecule has 2 amide bonds. The van der Waals surface area contributed by atoms with Gasteiger partial charge in [-0.3, -0.25) is 9.59 Å². The second-order valence-electron chi connectivity index (χ2n) is 6.91. The van der Waals surface area contributed by atoms with Crippen molar-refractivity contribution in [1.29, 1.82) is 0 Å². The van der Waals surface area contributed by atoms with Crippen LogP contribution in [0.3, 0.4) is 0 Å². The van der Waals surface area contributed by atoms with Crippen LogP contribution in [0.4, 0.5) is 0 Å². The van der Waals surface area contributed by atoms with Crippen molar-refractivity contribution < 1.29 is 9.59 Å². The van der Waals surface area contributed by atoms with Gasteiger partial charge in [0.15, 0.2) is 0 Å². The standard InChI is InChI=1S/C22H26N2O2/c1-3-17-6-10-19(11-7-17)16(2)23-22(26)20-12-8-18(9-13-20)15-24-14-4-5-21(24)25/h6-13,16H,3-5,14-15H2,1-2H3,(H,23,26)/t16-/m0/s1. The van der Waals surface area contributed by atoms with Gasteiger partial charge in [-0.25, -0.2) is 0 Å². The van der Waals surface area contributed by atoms with Crippen LogP contribution in [0, 0.1) is 0 Å². The molecule has 136 valence electrons. The molecule has 2 aromatic rings. The lowest BCUT2D eigenvalue weighted by Gasteiger charge is -2.17. The third-order valence-electron chi connectivity index (χ3n) is 5.00. The number of carbonyl (C=O) groups excluding carboxylic acids is 2. The summed E-state index contributed by atoms with van der Waals surface area (Å²) in [4.78, 5) is 26.1. The summed E-state index contributed by atoms with van der Waals surface area (Å²) in [5.41, 5.74) is 4.08. The second-order valence-corrected chi connectivity index (χ2v) is 6.91. The molecule has 2 aromatic carbocycles. The molecule has 0 spiro atoms. The zero-order valence-corrected chi connectivity index (χ0v) is 15.5. The van der Waals surface area contributed by atoms with Crippen LogP contribution in [-0.2, 0) is 17.8 Å². The van der Waals surface area contributed by atoms with Crippen molar-refractivity contribution in [2.75, 3.05) is 6.54 Å². The maximum Gasteiger partial charge on any atom is 0.251 e. The fraction of sp³-hybridized carbons (Fsp3) is 0.364. The number of hydrogen-bond donors (Lipinski definition) is 1. The first-order chi connectivity index (χ1) is 12.6. The average molecular weight is 350 g/mol. The summed E-state index contributed by atoms with van der Waals surface area (Å²) >= 11 is 0. The van der Waals surface area contributed by atoms with E-state index in [9.17, 15) is 9.59 Å². The molecule has 1 heterocycles. The van der Waals surface area contributed by atoms with Crippen LogP contribution >= 0.6 is 0 Å². The van der Waals surface area contributed by atoms with Gasteiger partial charge in [0.1, 0.15) is 0 Å². The molecule has 1 atom stereocenters. The maximum atomic E-state index is 12.5. The molecule has 4 nitrogen and oxygen atoms in total. The van der Waals surface area contributed by atoms with Crippen molar-refractivity contribution in [3.05, 3.63) is 70.8 Å². The van der Waals surface area contributed by atoms with E-state index in [4.69, 9.17) is 0 Å². The van der Waals surface area contributed by atoms with E-state index < -0.39 is 0 Å². The Bertz CT molecular complexity index is 766. The molecule has 1 saturated heterocycles. The van der Waals surface area contributed by atoms with E-state index in [1.54, 1.807) is 0 Å². The van der Waals surface area contributed by atoms with E-state index in [0.29, 0.717) is 18.5 Å². The highest BCUT2D eigenvalue weighted by molar-refractivity contribution is 5.94. The predicted octanol–water partition coefficient (Wildman–Crippen LogP) is 3.86. The molecule has 0 unspecified atom stereocenters. The van der Waals surface area contributed by atoms with Crippen LogP contribution in [-0.4, -0.2) is 23.3 Å². The summed E-state index contributed by atoms with van der Waals surface area (Å²) < 4.78 is 0. The number of carbonyl (C=O) groups is 2. The summed E-state index contributed by atoms with van der Waals surface area (Å²) in [6.45, 7) is 5.58. The maximum absolute atomic E-state index is 12.5. The number of hydrogen-bond acceptors (Lipinski definition) is 2. The Morgan fingerprint density at radius 1 is 1.08 bits per heavy atom. The summed E-state index contributed by atoms with van der Waals surface area (Å²) in [7, 11) is 0. The van der Waals surface area contributed by atoms with Gasteiger partial charge in [0, 0.05) is 25.1 Å². The third-order valence-corrected chi connectivity index (χ3v) is 5.00. The first-order valence-corrected chi connectivity index (χ1v) is 9.33. The largest absolute Gasteiger partial charge is 0.346 e. The highest BCUT2D eigenvalue weighted by Gasteiger charge is 2.20. The molecule has 1 aliphatic rings. The van der Waals surface area contributed by atoms with Gasteiger partial charge >= 0.3 is 0 Å². The van der Waals surface area contributed by atoms with Gasteiger partial charge in [-0.05, 0) is 48.6 Å². The van der Waals surface area contributed by atoms with Gasteiger partial charge in [-0.1, -0.05) is 43.3 Å². The summed E-state index contributed by atoms with van der Waals surface area (Å²) in [6, 6.07) is 15.8. The minimum atomic E-state index is -0.0825. The first-order valence-electron chi connectivity index (χ1n) is 9.33. The minimum absolute atomic E-state index is 0.0460. The van der Waals surface area contributed by atoms with Crippen molar-refractivity contribution in [2.45, 2.75) is 45.7 Å². The smallest absolute Gasteiger partial charge is 0.251 e. The third kappa shape index (κ3) is 4.31. The molecule has 1 aliphatic heterocycles. The van der Waals surface area contributed by atoms with Gasteiger partial charge < -0.3 is 10.2 Å². The molecule has 3 rings (SSSR count). The Morgan fingerprint density at radius 2 is 1.73 bits per heavy atom. The van der Waals surface area contributed by atoms with Gasteiger partial charge in [-0.15, -0.1) is 0 Å². The van der Waals surface area contributed by atoms with Crippen LogP contribution in [0.25, 0.3) is 0 Å². The van der Waals surface area contributed by atoms with Crippen molar-refractivity contribution >= 4 is 11.8 Å². The summed E-state index contributed by atoms with van der Waals surface area (Å²) in [6.07, 6.45) is 2.60. The number of likely N-dealkylation sites (tertiary alicyclic amines) is 1. The topological polar surface area (TPSA) is 49.4 Å². The first kappa shape index (κ1) is 18.2. The lowest BCUT2D eigenvalue weighted by Crippen LogP contribution is -2.27. The molecule has 0 aliphatic carbocycles. The van der Waals surface area contributed by atoms with E-state index in [1.807, 2.05) is 36.1 Å². The van der Waals surface area contributed by atoms with E-state index in [2.05, 4.69) is 36.5 Å². The normalized spacial score (nSPS) is 15.2. The Hall–Kier alpha value is -2.62. The Morgan fingerprint density at radius 3 is 2.31 bits per heavy atom. The highest BCUT2D eigenvalue weighted by Crippen LogP contribution is 2.17. The van der Waals surface area contributed by atoms with Crippen molar-refractivity contribution in [3.8, 4) is 0 Å². The van der Waals surface area contributed by atoms with E-state index in [1.165, 1.54) is 5.56 Å². The molecule has 0 saturated carbocycles. The number of amides is 2. The SMILES string of the molecule is CCc1ccc([C@H](C)NC(=O)c2ccc(CN3CCCC3=O)cc2)cc1. The lowest BCUT2D eigenvalue weighted by molar-refractivity contribution is -0.128. The lowest BCUT2D eigenvalue weighted by atomic mass is 10.0. The van der Waals surface area contributed by atoms with Crippen molar-refractivity contribution in [3.63, 3.8) is 0 Å². The molecule has 26 heavy (non-hydrogen) atoms. The zero-order chi connectivity index (χ0) is 18.5. The number of nitrogens with one attached hydrogen (secondary N) is 1. The zero-order valence-electron chi connectivity index (χ0n) is 15.5. The molecule has 1 N–H and O–H groups in total. The average Bonchev–Trinajstić information content (AvgIpc) is 3.07. The predicted molar refractivity (Wildman–Crippen MR) is 103 cm³/mol. The molecule has 0 radical (unpaired) electrons. The van der Waals surface area contributed by atoms with Gasteiger partial charge in [-0.2, -0.15) is 0 Å². The fourth-order valence-electron chi connectivity index (χ4n) is 3.26. The Kier molecular flexibility index (Phi) is 5.71. The number of benzene rings is 2. The van der Waals surface area contributed by atoms with Crippen molar-refractivity contribution in [2.24, 2.45) is 0 Å². The fourth-order valence-corrected chi connectivity index (χ4v) is 3.26. The Labute approximate surface area is 155 Å². The van der Waals surface area contributed by atoms with E-state index >= 15 is 0 Å². The number of rotatable bonds is 6. The Balaban J connectivity index is 1.59. The molecular weight excluding hydrogens is 324 g/mol. The quantitative estimate of drug-likeness (QED) is 0.860. The van der Waals surface area contributed by atoms with Crippen LogP contribution in [0.1, 0.15) is 59.8 Å². The summed E-state index contributed by atoms with van der Waals surface area (Å²) in [5.74, 6) is 0.135. The van der Waals surface area contributed by atoms with Crippen LogP contribution in [0.15, 0.2) is 48.5 Å². The molecule has 1 fully saturated rings.